The zero-order valence-electron chi connectivity index (χ0n) is 10.9. The molecule has 1 fully saturated rings. The molecular weight excluding hydrogens is 228 g/mol. The summed E-state index contributed by atoms with van der Waals surface area (Å²) in [4.78, 5) is 4.35. The number of hydrogen-bond acceptors (Lipinski definition) is 4. The third-order valence-electron chi connectivity index (χ3n) is 3.57. The van der Waals surface area contributed by atoms with Gasteiger partial charge in [-0.3, -0.25) is 0 Å². The Hall–Kier alpha value is -1.13. The van der Waals surface area contributed by atoms with Gasteiger partial charge in [0, 0.05) is 19.2 Å². The van der Waals surface area contributed by atoms with Crippen LogP contribution in [0, 0.1) is 5.92 Å². The highest BCUT2D eigenvalue weighted by Gasteiger charge is 2.22. The highest BCUT2D eigenvalue weighted by Crippen LogP contribution is 2.23. The van der Waals surface area contributed by atoms with E-state index in [2.05, 4.69) is 10.3 Å². The number of methoxy groups -OCH3 is 1. The molecule has 4 nitrogen and oxygen atoms in total. The first-order chi connectivity index (χ1) is 8.79. The maximum absolute atomic E-state index is 9.87. The fourth-order valence-corrected chi connectivity index (χ4v) is 2.48. The van der Waals surface area contributed by atoms with Crippen LogP contribution in [0.1, 0.15) is 31.4 Å². The fraction of sp³-hybridized carbons (Fsp3) is 0.643. The molecule has 0 spiro atoms. The van der Waals surface area contributed by atoms with Crippen LogP contribution in [0.25, 0.3) is 0 Å². The number of nitrogens with zero attached hydrogens (tertiary/aromatic N) is 1. The van der Waals surface area contributed by atoms with Gasteiger partial charge in [0.2, 0.25) is 5.88 Å². The van der Waals surface area contributed by atoms with Crippen molar-refractivity contribution in [2.75, 3.05) is 13.7 Å². The summed E-state index contributed by atoms with van der Waals surface area (Å²) in [7, 11) is 1.62. The molecule has 4 heteroatoms. The molecule has 1 heterocycles. The van der Waals surface area contributed by atoms with Gasteiger partial charge in [0.1, 0.15) is 0 Å². The van der Waals surface area contributed by atoms with Gasteiger partial charge in [-0.25, -0.2) is 4.98 Å². The summed E-state index contributed by atoms with van der Waals surface area (Å²) >= 11 is 0. The van der Waals surface area contributed by atoms with Gasteiger partial charge >= 0.3 is 0 Å². The number of nitrogens with one attached hydrogen (secondary N) is 1. The van der Waals surface area contributed by atoms with E-state index in [4.69, 9.17) is 4.74 Å². The van der Waals surface area contributed by atoms with Crippen LogP contribution in [-0.4, -0.2) is 29.8 Å². The Kier molecular flexibility index (Phi) is 4.96. The van der Waals surface area contributed by atoms with E-state index in [-0.39, 0.29) is 6.10 Å². The maximum Gasteiger partial charge on any atom is 0.213 e. The number of pyridine rings is 1. The Morgan fingerprint density at radius 2 is 2.22 bits per heavy atom. The van der Waals surface area contributed by atoms with Crippen LogP contribution >= 0.6 is 0 Å². The van der Waals surface area contributed by atoms with Crippen LogP contribution in [0.2, 0.25) is 0 Å². The molecule has 2 rings (SSSR count). The normalized spacial score (nSPS) is 23.9. The van der Waals surface area contributed by atoms with Gasteiger partial charge in [-0.05, 0) is 24.8 Å². The summed E-state index contributed by atoms with van der Waals surface area (Å²) in [6.07, 6.45) is 4.34. The highest BCUT2D eigenvalue weighted by molar-refractivity contribution is 5.15. The van der Waals surface area contributed by atoms with E-state index < -0.39 is 0 Å². The van der Waals surface area contributed by atoms with Crippen LogP contribution in [0.3, 0.4) is 0 Å². The van der Waals surface area contributed by atoms with Gasteiger partial charge in [0.05, 0.1) is 18.9 Å². The molecule has 0 bridgehead atoms. The molecule has 2 N–H and O–H groups in total. The molecule has 1 saturated carbocycles. The SMILES string of the molecule is COc1cccc(CNCC2CCCCC2O)n1. The second kappa shape index (κ2) is 6.71. The number of aromatic nitrogens is 1. The molecule has 1 aliphatic rings. The van der Waals surface area contributed by atoms with Crippen molar-refractivity contribution >= 4 is 0 Å². The van der Waals surface area contributed by atoms with Crippen LogP contribution in [0.4, 0.5) is 0 Å². The minimum atomic E-state index is -0.135. The molecule has 0 amide bonds. The van der Waals surface area contributed by atoms with Crippen LogP contribution in [0.5, 0.6) is 5.88 Å². The van der Waals surface area contributed by atoms with Crippen molar-refractivity contribution in [3.05, 3.63) is 23.9 Å². The van der Waals surface area contributed by atoms with Gasteiger partial charge in [-0.1, -0.05) is 18.9 Å². The lowest BCUT2D eigenvalue weighted by atomic mass is 9.86. The fourth-order valence-electron chi connectivity index (χ4n) is 2.48. The Bertz CT molecular complexity index is 371. The van der Waals surface area contributed by atoms with E-state index in [9.17, 15) is 5.11 Å². The topological polar surface area (TPSA) is 54.4 Å². The minimum absolute atomic E-state index is 0.135. The Morgan fingerprint density at radius 1 is 1.39 bits per heavy atom. The number of ether oxygens (including phenoxy) is 1. The van der Waals surface area contributed by atoms with Gasteiger partial charge in [-0.2, -0.15) is 0 Å². The van der Waals surface area contributed by atoms with Crippen molar-refractivity contribution in [2.24, 2.45) is 5.92 Å². The largest absolute Gasteiger partial charge is 0.481 e. The second-order valence-corrected chi connectivity index (χ2v) is 4.91. The van der Waals surface area contributed by atoms with Crippen molar-refractivity contribution in [1.82, 2.24) is 10.3 Å². The molecule has 2 unspecified atom stereocenters. The average Bonchev–Trinajstić information content (AvgIpc) is 2.41. The van der Waals surface area contributed by atoms with E-state index in [1.807, 2.05) is 18.2 Å². The molecule has 0 saturated heterocycles. The molecule has 1 aromatic heterocycles. The summed E-state index contributed by atoms with van der Waals surface area (Å²) in [5, 5.41) is 13.2. The zero-order valence-corrected chi connectivity index (χ0v) is 10.9. The zero-order chi connectivity index (χ0) is 12.8. The highest BCUT2D eigenvalue weighted by atomic mass is 16.5. The lowest BCUT2D eigenvalue weighted by molar-refractivity contribution is 0.0694. The summed E-state index contributed by atoms with van der Waals surface area (Å²) < 4.78 is 5.09. The van der Waals surface area contributed by atoms with E-state index in [0.717, 1.165) is 38.0 Å². The Morgan fingerprint density at radius 3 is 3.00 bits per heavy atom. The van der Waals surface area contributed by atoms with Crippen molar-refractivity contribution in [2.45, 2.75) is 38.3 Å². The van der Waals surface area contributed by atoms with Crippen molar-refractivity contribution in [3.8, 4) is 5.88 Å². The number of rotatable bonds is 5. The standard InChI is InChI=1S/C14H22N2O2/c1-18-14-8-4-6-12(16-14)10-15-9-11-5-2-3-7-13(11)17/h4,6,8,11,13,15,17H,2-3,5,7,9-10H2,1H3. The van der Waals surface area contributed by atoms with Gasteiger partial charge in [-0.15, -0.1) is 0 Å². The first-order valence-electron chi connectivity index (χ1n) is 6.68. The number of aliphatic hydroxyl groups excluding tert-OH is 1. The monoisotopic (exact) mass is 250 g/mol. The van der Waals surface area contributed by atoms with Crippen molar-refractivity contribution in [1.29, 1.82) is 0 Å². The Balaban J connectivity index is 1.77. The van der Waals surface area contributed by atoms with Crippen LogP contribution < -0.4 is 10.1 Å². The molecule has 1 aromatic rings. The molecule has 100 valence electrons. The summed E-state index contributed by atoms with van der Waals surface area (Å²) in [6, 6.07) is 5.76. The smallest absolute Gasteiger partial charge is 0.213 e. The summed E-state index contributed by atoms with van der Waals surface area (Å²) in [6.45, 7) is 1.58. The predicted octanol–water partition coefficient (Wildman–Crippen LogP) is 1.73. The molecule has 0 aromatic carbocycles. The predicted molar refractivity (Wildman–Crippen MR) is 70.5 cm³/mol. The first-order valence-corrected chi connectivity index (χ1v) is 6.68. The first kappa shape index (κ1) is 13.3. The van der Waals surface area contributed by atoms with E-state index >= 15 is 0 Å². The number of aliphatic hydroxyl groups is 1. The lowest BCUT2D eigenvalue weighted by Crippen LogP contribution is -2.33. The molecule has 18 heavy (non-hydrogen) atoms. The molecule has 0 aliphatic heterocycles. The average molecular weight is 250 g/mol. The molecular formula is C14H22N2O2. The molecule has 1 aliphatic carbocycles. The summed E-state index contributed by atoms with van der Waals surface area (Å²) in [5.41, 5.74) is 0.972. The minimum Gasteiger partial charge on any atom is -0.481 e. The van der Waals surface area contributed by atoms with Crippen molar-refractivity contribution < 1.29 is 9.84 Å². The number of hydrogen-bond donors (Lipinski definition) is 2. The van der Waals surface area contributed by atoms with Gasteiger partial charge < -0.3 is 15.2 Å². The van der Waals surface area contributed by atoms with E-state index in [1.165, 1.54) is 6.42 Å². The third-order valence-corrected chi connectivity index (χ3v) is 3.57. The molecule has 0 radical (unpaired) electrons. The Labute approximate surface area is 108 Å². The third kappa shape index (κ3) is 3.68. The molecule has 2 atom stereocenters. The maximum atomic E-state index is 9.87. The van der Waals surface area contributed by atoms with Crippen molar-refractivity contribution in [3.63, 3.8) is 0 Å². The van der Waals surface area contributed by atoms with Crippen LogP contribution in [0.15, 0.2) is 18.2 Å². The van der Waals surface area contributed by atoms with Crippen LogP contribution in [-0.2, 0) is 6.54 Å². The van der Waals surface area contributed by atoms with Gasteiger partial charge in [0.25, 0.3) is 0 Å². The summed E-state index contributed by atoms with van der Waals surface area (Å²) in [5.74, 6) is 1.04. The van der Waals surface area contributed by atoms with Gasteiger partial charge in [0.15, 0.2) is 0 Å². The quantitative estimate of drug-likeness (QED) is 0.835. The lowest BCUT2D eigenvalue weighted by Gasteiger charge is -2.27. The van der Waals surface area contributed by atoms with E-state index in [0.29, 0.717) is 11.8 Å². The second-order valence-electron chi connectivity index (χ2n) is 4.91. The van der Waals surface area contributed by atoms with E-state index in [1.54, 1.807) is 7.11 Å².